The van der Waals surface area contributed by atoms with Gasteiger partial charge in [-0.2, -0.15) is 0 Å². The van der Waals surface area contributed by atoms with E-state index in [0.29, 0.717) is 6.42 Å². The first-order valence-electron chi connectivity index (χ1n) is 9.54. The smallest absolute Gasteiger partial charge is 0.309 e. The second-order valence-electron chi connectivity index (χ2n) is 6.46. The van der Waals surface area contributed by atoms with E-state index in [1.807, 2.05) is 0 Å². The van der Waals surface area contributed by atoms with Crippen LogP contribution in [0.25, 0.3) is 0 Å². The lowest BCUT2D eigenvalue weighted by atomic mass is 9.92. The van der Waals surface area contributed by atoms with E-state index in [1.54, 1.807) is 0 Å². The van der Waals surface area contributed by atoms with Crippen LogP contribution < -0.4 is 0 Å². The van der Waals surface area contributed by atoms with Crippen molar-refractivity contribution in [1.29, 1.82) is 0 Å². The number of hydrogen-bond acceptors (Lipinski definition) is 3. The highest BCUT2D eigenvalue weighted by molar-refractivity contribution is 5.70. The van der Waals surface area contributed by atoms with Gasteiger partial charge in [-0.15, -0.1) is 0 Å². The van der Waals surface area contributed by atoms with Gasteiger partial charge >= 0.3 is 5.97 Å². The van der Waals surface area contributed by atoms with Gasteiger partial charge in [0.2, 0.25) is 0 Å². The summed E-state index contributed by atoms with van der Waals surface area (Å²) in [5.41, 5.74) is 0. The minimum atomic E-state index is -1.19. The van der Waals surface area contributed by atoms with Crippen LogP contribution in [0.5, 0.6) is 0 Å². The molecule has 3 unspecified atom stereocenters. The first kappa shape index (κ1) is 23.6. The molecule has 0 bridgehead atoms. The zero-order valence-corrected chi connectivity index (χ0v) is 15.8. The second-order valence-corrected chi connectivity index (χ2v) is 6.46. The van der Waals surface area contributed by atoms with Crippen LogP contribution in [0.15, 0.2) is 36.5 Å². The molecule has 0 aromatic heterocycles. The van der Waals surface area contributed by atoms with Crippen LogP contribution in [0.1, 0.15) is 71.6 Å². The monoisotopic (exact) mass is 352 g/mol. The molecule has 0 radical (unpaired) electrons. The largest absolute Gasteiger partial charge is 0.481 e. The zero-order valence-electron chi connectivity index (χ0n) is 15.8. The standard InChI is InChI=1S/C21H36O4/c1-3-4-5-6-7-8-9-10-11-12-13-14-15-16-17-19(21(24)25)20(23)18(2)22/h4-5,7-8,10-11,18-20,22-23H,3,6,9,12-17H2,1-2H3,(H,24,25)/b5-4-,8-7-,11-10-. The Balaban J connectivity index is 3.67. The first-order chi connectivity index (χ1) is 12.0. The summed E-state index contributed by atoms with van der Waals surface area (Å²) in [6.07, 6.45) is 19.3. The van der Waals surface area contributed by atoms with Crippen molar-refractivity contribution < 1.29 is 20.1 Å². The first-order valence-corrected chi connectivity index (χ1v) is 9.54. The van der Waals surface area contributed by atoms with E-state index in [1.165, 1.54) is 6.92 Å². The predicted octanol–water partition coefficient (Wildman–Crippen LogP) is 4.63. The van der Waals surface area contributed by atoms with Gasteiger partial charge < -0.3 is 15.3 Å². The Morgan fingerprint density at radius 3 is 2.00 bits per heavy atom. The summed E-state index contributed by atoms with van der Waals surface area (Å²) in [6.45, 7) is 3.55. The van der Waals surface area contributed by atoms with Crippen molar-refractivity contribution in [3.05, 3.63) is 36.5 Å². The van der Waals surface area contributed by atoms with Crippen LogP contribution >= 0.6 is 0 Å². The second kappa shape index (κ2) is 16.1. The maximum atomic E-state index is 11.1. The van der Waals surface area contributed by atoms with Gasteiger partial charge in [0.25, 0.3) is 0 Å². The normalized spacial score (nSPS) is 16.0. The summed E-state index contributed by atoms with van der Waals surface area (Å²) >= 11 is 0. The molecule has 0 aliphatic carbocycles. The molecule has 0 aromatic carbocycles. The molecule has 144 valence electrons. The highest BCUT2D eigenvalue weighted by atomic mass is 16.4. The number of carbonyl (C=O) groups is 1. The maximum absolute atomic E-state index is 11.1. The fourth-order valence-electron chi connectivity index (χ4n) is 2.58. The average Bonchev–Trinajstić information content (AvgIpc) is 2.57. The zero-order chi connectivity index (χ0) is 18.9. The summed E-state index contributed by atoms with van der Waals surface area (Å²) in [7, 11) is 0. The fourth-order valence-corrected chi connectivity index (χ4v) is 2.58. The Bertz CT molecular complexity index is 410. The third-order valence-electron chi connectivity index (χ3n) is 4.14. The van der Waals surface area contributed by atoms with E-state index in [2.05, 4.69) is 43.4 Å². The van der Waals surface area contributed by atoms with Crippen molar-refractivity contribution in [3.8, 4) is 0 Å². The topological polar surface area (TPSA) is 77.8 Å². The van der Waals surface area contributed by atoms with E-state index < -0.39 is 24.1 Å². The van der Waals surface area contributed by atoms with Crippen molar-refractivity contribution in [3.63, 3.8) is 0 Å². The molecule has 0 saturated heterocycles. The number of carboxylic acid groups (broad SMARTS) is 1. The van der Waals surface area contributed by atoms with E-state index in [-0.39, 0.29) is 0 Å². The number of aliphatic hydroxyl groups is 2. The van der Waals surface area contributed by atoms with Gasteiger partial charge in [-0.3, -0.25) is 4.79 Å². The molecule has 3 N–H and O–H groups in total. The van der Waals surface area contributed by atoms with Gasteiger partial charge in [0.05, 0.1) is 18.1 Å². The Kier molecular flexibility index (Phi) is 15.2. The van der Waals surface area contributed by atoms with Crippen LogP contribution in [0.4, 0.5) is 0 Å². The number of hydrogen-bond donors (Lipinski definition) is 3. The predicted molar refractivity (Wildman–Crippen MR) is 103 cm³/mol. The summed E-state index contributed by atoms with van der Waals surface area (Å²) < 4.78 is 0. The third-order valence-corrected chi connectivity index (χ3v) is 4.14. The lowest BCUT2D eigenvalue weighted by molar-refractivity contribution is -0.149. The lowest BCUT2D eigenvalue weighted by Gasteiger charge is -2.21. The molecule has 0 spiro atoms. The molecule has 0 rings (SSSR count). The number of aliphatic carboxylic acids is 1. The number of allylic oxidation sites excluding steroid dienone is 6. The molecule has 0 saturated carbocycles. The van der Waals surface area contributed by atoms with E-state index in [4.69, 9.17) is 5.11 Å². The quantitative estimate of drug-likeness (QED) is 0.297. The van der Waals surface area contributed by atoms with Crippen molar-refractivity contribution >= 4 is 5.97 Å². The van der Waals surface area contributed by atoms with Crippen molar-refractivity contribution in [2.45, 2.75) is 83.8 Å². The van der Waals surface area contributed by atoms with Crippen LogP contribution in [0, 0.1) is 5.92 Å². The molecular weight excluding hydrogens is 316 g/mol. The SMILES string of the molecule is CC/C=C\C/C=C\C/C=C\CCCCCCC(C(=O)O)C(O)C(C)O. The highest BCUT2D eigenvalue weighted by Crippen LogP contribution is 2.18. The third kappa shape index (κ3) is 13.6. The summed E-state index contributed by atoms with van der Waals surface area (Å²) in [5.74, 6) is -1.91. The number of aliphatic hydroxyl groups excluding tert-OH is 2. The van der Waals surface area contributed by atoms with Gasteiger partial charge in [-0.25, -0.2) is 0 Å². The Labute approximate surface area is 153 Å². The minimum absolute atomic E-state index is 0.411. The van der Waals surface area contributed by atoms with Gasteiger partial charge in [0.15, 0.2) is 0 Å². The molecule has 0 amide bonds. The molecule has 0 heterocycles. The molecule has 0 aliphatic rings. The Morgan fingerprint density at radius 1 is 0.880 bits per heavy atom. The Hall–Kier alpha value is -1.39. The molecular formula is C21H36O4. The molecule has 25 heavy (non-hydrogen) atoms. The van der Waals surface area contributed by atoms with Crippen LogP contribution in [0.3, 0.4) is 0 Å². The number of rotatable bonds is 15. The van der Waals surface area contributed by atoms with Crippen molar-refractivity contribution in [2.75, 3.05) is 0 Å². The lowest BCUT2D eigenvalue weighted by Crippen LogP contribution is -2.36. The number of unbranched alkanes of at least 4 members (excludes halogenated alkanes) is 4. The summed E-state index contributed by atoms with van der Waals surface area (Å²) in [5, 5.41) is 28.1. The molecule has 3 atom stereocenters. The van der Waals surface area contributed by atoms with E-state index in [9.17, 15) is 15.0 Å². The van der Waals surface area contributed by atoms with Crippen LogP contribution in [-0.2, 0) is 4.79 Å². The van der Waals surface area contributed by atoms with Gasteiger partial charge in [-0.1, -0.05) is 62.6 Å². The van der Waals surface area contributed by atoms with Crippen LogP contribution in [0.2, 0.25) is 0 Å². The van der Waals surface area contributed by atoms with Crippen molar-refractivity contribution in [2.24, 2.45) is 5.92 Å². The van der Waals surface area contributed by atoms with Gasteiger partial charge in [0, 0.05) is 0 Å². The minimum Gasteiger partial charge on any atom is -0.481 e. The summed E-state index contributed by atoms with van der Waals surface area (Å²) in [4.78, 5) is 11.1. The van der Waals surface area contributed by atoms with E-state index in [0.717, 1.165) is 51.4 Å². The maximum Gasteiger partial charge on any atom is 0.309 e. The number of carboxylic acids is 1. The van der Waals surface area contributed by atoms with Gasteiger partial charge in [0.1, 0.15) is 0 Å². The van der Waals surface area contributed by atoms with Crippen molar-refractivity contribution in [1.82, 2.24) is 0 Å². The molecule has 0 fully saturated rings. The Morgan fingerprint density at radius 2 is 1.44 bits per heavy atom. The molecule has 4 heteroatoms. The van der Waals surface area contributed by atoms with Crippen LogP contribution in [-0.4, -0.2) is 33.5 Å². The van der Waals surface area contributed by atoms with E-state index >= 15 is 0 Å². The highest BCUT2D eigenvalue weighted by Gasteiger charge is 2.29. The van der Waals surface area contributed by atoms with Gasteiger partial charge in [-0.05, 0) is 45.4 Å². The fraction of sp³-hybridized carbons (Fsp3) is 0.667. The summed E-state index contributed by atoms with van der Waals surface area (Å²) in [6, 6.07) is 0. The average molecular weight is 353 g/mol. The molecule has 0 aromatic rings. The molecule has 4 nitrogen and oxygen atoms in total. The molecule has 0 aliphatic heterocycles.